The van der Waals surface area contributed by atoms with Gasteiger partial charge in [-0.3, -0.25) is 0 Å². The van der Waals surface area contributed by atoms with Crippen molar-refractivity contribution in [2.75, 3.05) is 13.2 Å². The first-order valence-electron chi connectivity index (χ1n) is 6.35. The van der Waals surface area contributed by atoms with Crippen LogP contribution in [-0.4, -0.2) is 30.4 Å². The lowest BCUT2D eigenvalue weighted by molar-refractivity contribution is -0.137. The number of nitrogens with zero attached hydrogens (tertiary/aromatic N) is 1. The number of halogens is 3. The van der Waals surface area contributed by atoms with Crippen LogP contribution in [0.5, 0.6) is 5.75 Å². The molecule has 5 nitrogen and oxygen atoms in total. The third kappa shape index (κ3) is 3.78. The van der Waals surface area contributed by atoms with Crippen LogP contribution < -0.4 is 10.5 Å². The Morgan fingerprint density at radius 2 is 2.24 bits per heavy atom. The van der Waals surface area contributed by atoms with E-state index in [0.717, 1.165) is 25.0 Å². The second kappa shape index (κ2) is 6.21. The molecule has 2 rings (SSSR count). The summed E-state index contributed by atoms with van der Waals surface area (Å²) >= 11 is 0. The zero-order chi connectivity index (χ0) is 15.5. The van der Waals surface area contributed by atoms with Crippen LogP contribution in [0.4, 0.5) is 13.2 Å². The standard InChI is InChI=1S/C13H15F3N2O3/c14-13(15,16)11-6-8(3-4-10(11)12(17)18-19)21-7-9-2-1-5-20-9/h3-4,6,9,19H,1-2,5,7H2,(H2,17,18). The average Bonchev–Trinajstić information content (AvgIpc) is 2.96. The lowest BCUT2D eigenvalue weighted by Crippen LogP contribution is -2.21. The molecule has 0 bridgehead atoms. The Balaban J connectivity index is 2.20. The number of alkyl halides is 3. The molecule has 3 N–H and O–H groups in total. The van der Waals surface area contributed by atoms with E-state index in [4.69, 9.17) is 20.4 Å². The van der Waals surface area contributed by atoms with Gasteiger partial charge in [-0.1, -0.05) is 5.16 Å². The summed E-state index contributed by atoms with van der Waals surface area (Å²) in [6.07, 6.45) is -2.98. The summed E-state index contributed by atoms with van der Waals surface area (Å²) in [6, 6.07) is 3.29. The lowest BCUT2D eigenvalue weighted by Gasteiger charge is -2.15. The Bertz CT molecular complexity index is 526. The molecule has 1 aliphatic heterocycles. The van der Waals surface area contributed by atoms with E-state index in [1.807, 2.05) is 0 Å². The first-order chi connectivity index (χ1) is 9.91. The summed E-state index contributed by atoms with van der Waals surface area (Å²) in [7, 11) is 0. The van der Waals surface area contributed by atoms with Crippen LogP contribution in [0.15, 0.2) is 23.4 Å². The topological polar surface area (TPSA) is 77.1 Å². The van der Waals surface area contributed by atoms with Crippen LogP contribution in [0.1, 0.15) is 24.0 Å². The van der Waals surface area contributed by atoms with E-state index in [9.17, 15) is 13.2 Å². The van der Waals surface area contributed by atoms with Gasteiger partial charge in [0.15, 0.2) is 5.84 Å². The van der Waals surface area contributed by atoms with Crippen molar-refractivity contribution in [3.8, 4) is 5.75 Å². The number of rotatable bonds is 4. The normalized spacial score (nSPS) is 19.8. The van der Waals surface area contributed by atoms with Crippen molar-refractivity contribution in [3.63, 3.8) is 0 Å². The van der Waals surface area contributed by atoms with Crippen LogP contribution in [0.2, 0.25) is 0 Å². The monoisotopic (exact) mass is 304 g/mol. The van der Waals surface area contributed by atoms with Gasteiger partial charge in [-0.25, -0.2) is 0 Å². The SMILES string of the molecule is N/C(=N\O)c1ccc(OCC2CCCO2)cc1C(F)(F)F. The zero-order valence-electron chi connectivity index (χ0n) is 11.1. The van der Waals surface area contributed by atoms with Gasteiger partial charge >= 0.3 is 6.18 Å². The summed E-state index contributed by atoms with van der Waals surface area (Å²) < 4.78 is 49.6. The van der Waals surface area contributed by atoms with Gasteiger partial charge in [0, 0.05) is 12.2 Å². The fourth-order valence-corrected chi connectivity index (χ4v) is 2.09. The molecule has 0 spiro atoms. The van der Waals surface area contributed by atoms with Crippen LogP contribution in [0, 0.1) is 0 Å². The number of hydrogen-bond acceptors (Lipinski definition) is 4. The van der Waals surface area contributed by atoms with Crippen LogP contribution in [0.3, 0.4) is 0 Å². The quantitative estimate of drug-likeness (QED) is 0.387. The Labute approximate surface area is 119 Å². The van der Waals surface area contributed by atoms with Crippen molar-refractivity contribution in [3.05, 3.63) is 29.3 Å². The molecular formula is C13H15F3N2O3. The van der Waals surface area contributed by atoms with Crippen molar-refractivity contribution in [1.29, 1.82) is 0 Å². The van der Waals surface area contributed by atoms with Gasteiger partial charge in [0.25, 0.3) is 0 Å². The van der Waals surface area contributed by atoms with E-state index in [1.165, 1.54) is 6.07 Å². The zero-order valence-corrected chi connectivity index (χ0v) is 11.1. The van der Waals surface area contributed by atoms with E-state index >= 15 is 0 Å². The molecule has 8 heteroatoms. The number of nitrogens with two attached hydrogens (primary N) is 1. The molecule has 1 atom stereocenters. The maximum absolute atomic E-state index is 13.0. The maximum Gasteiger partial charge on any atom is 0.417 e. The van der Waals surface area contributed by atoms with Gasteiger partial charge in [-0.2, -0.15) is 13.2 Å². The van der Waals surface area contributed by atoms with Gasteiger partial charge in [-0.15, -0.1) is 0 Å². The molecule has 1 heterocycles. The third-order valence-corrected chi connectivity index (χ3v) is 3.14. The van der Waals surface area contributed by atoms with Gasteiger partial charge in [0.2, 0.25) is 0 Å². The van der Waals surface area contributed by atoms with Crippen molar-refractivity contribution < 1.29 is 27.9 Å². The number of ether oxygens (including phenoxy) is 2. The van der Waals surface area contributed by atoms with E-state index in [1.54, 1.807) is 0 Å². The molecule has 0 radical (unpaired) electrons. The number of hydrogen-bond donors (Lipinski definition) is 2. The first-order valence-corrected chi connectivity index (χ1v) is 6.35. The molecule has 0 saturated carbocycles. The molecule has 1 fully saturated rings. The van der Waals surface area contributed by atoms with E-state index < -0.39 is 23.1 Å². The molecule has 1 aromatic rings. The number of amidine groups is 1. The first kappa shape index (κ1) is 15.4. The Morgan fingerprint density at radius 1 is 1.48 bits per heavy atom. The minimum Gasteiger partial charge on any atom is -0.491 e. The van der Waals surface area contributed by atoms with Crippen molar-refractivity contribution in [2.24, 2.45) is 10.9 Å². The smallest absolute Gasteiger partial charge is 0.417 e. The van der Waals surface area contributed by atoms with Crippen LogP contribution in [0.25, 0.3) is 0 Å². The fraction of sp³-hybridized carbons (Fsp3) is 0.462. The van der Waals surface area contributed by atoms with E-state index in [0.29, 0.717) is 6.61 Å². The molecule has 116 valence electrons. The molecule has 0 aromatic heterocycles. The van der Waals surface area contributed by atoms with E-state index in [-0.39, 0.29) is 18.5 Å². The second-order valence-corrected chi connectivity index (χ2v) is 4.64. The van der Waals surface area contributed by atoms with Gasteiger partial charge in [0.1, 0.15) is 12.4 Å². The highest BCUT2D eigenvalue weighted by Crippen LogP contribution is 2.34. The summed E-state index contributed by atoms with van der Waals surface area (Å²) in [5, 5.41) is 11.1. The molecule has 21 heavy (non-hydrogen) atoms. The molecular weight excluding hydrogens is 289 g/mol. The molecule has 0 aliphatic carbocycles. The highest BCUT2D eigenvalue weighted by molar-refractivity contribution is 5.98. The Morgan fingerprint density at radius 3 is 2.81 bits per heavy atom. The maximum atomic E-state index is 13.0. The molecule has 1 aliphatic rings. The largest absolute Gasteiger partial charge is 0.491 e. The highest BCUT2D eigenvalue weighted by atomic mass is 19.4. The van der Waals surface area contributed by atoms with Crippen LogP contribution in [-0.2, 0) is 10.9 Å². The second-order valence-electron chi connectivity index (χ2n) is 4.64. The number of benzene rings is 1. The Hall–Kier alpha value is -1.96. The molecule has 1 aromatic carbocycles. The van der Waals surface area contributed by atoms with Crippen molar-refractivity contribution in [1.82, 2.24) is 0 Å². The van der Waals surface area contributed by atoms with Gasteiger partial charge in [-0.05, 0) is 31.0 Å². The minimum absolute atomic E-state index is 0.0623. The summed E-state index contributed by atoms with van der Waals surface area (Å²) in [4.78, 5) is 0. The Kier molecular flexibility index (Phi) is 4.56. The minimum atomic E-state index is -4.63. The summed E-state index contributed by atoms with van der Waals surface area (Å²) in [6.45, 7) is 0.838. The molecule has 0 amide bonds. The average molecular weight is 304 g/mol. The van der Waals surface area contributed by atoms with Crippen molar-refractivity contribution >= 4 is 5.84 Å². The molecule has 1 saturated heterocycles. The summed E-state index contributed by atoms with van der Waals surface area (Å²) in [5.74, 6) is -0.541. The third-order valence-electron chi connectivity index (χ3n) is 3.14. The summed E-state index contributed by atoms with van der Waals surface area (Å²) in [5.41, 5.74) is 3.85. The van der Waals surface area contributed by atoms with Crippen LogP contribution >= 0.6 is 0 Å². The fourth-order valence-electron chi connectivity index (χ4n) is 2.09. The molecule has 1 unspecified atom stereocenters. The van der Waals surface area contributed by atoms with Gasteiger partial charge < -0.3 is 20.4 Å². The predicted molar refractivity (Wildman–Crippen MR) is 68.4 cm³/mol. The highest BCUT2D eigenvalue weighted by Gasteiger charge is 2.35. The predicted octanol–water partition coefficient (Wildman–Crippen LogP) is 2.36. The number of oxime groups is 1. The lowest BCUT2D eigenvalue weighted by atomic mass is 10.1. The van der Waals surface area contributed by atoms with Gasteiger partial charge in [0.05, 0.1) is 11.7 Å². The van der Waals surface area contributed by atoms with Crippen molar-refractivity contribution in [2.45, 2.75) is 25.1 Å². The van der Waals surface area contributed by atoms with E-state index in [2.05, 4.69) is 5.16 Å².